The number of nitrogens with zero attached hydrogens (tertiary/aromatic N) is 4. The molecular weight excluding hydrogens is 660 g/mol. The maximum atomic E-state index is 14.0. The molecule has 0 radical (unpaired) electrons. The van der Waals surface area contributed by atoms with Crippen molar-refractivity contribution in [2.24, 2.45) is 17.8 Å². The van der Waals surface area contributed by atoms with Gasteiger partial charge in [0, 0.05) is 52.9 Å². The summed E-state index contributed by atoms with van der Waals surface area (Å²) in [5.41, 5.74) is 0. The second-order valence-corrected chi connectivity index (χ2v) is 14.8. The lowest BCUT2D eigenvalue weighted by molar-refractivity contribution is -0.146. The Bertz CT molecular complexity index is 1230. The minimum atomic E-state index is -0.705. The monoisotopic (exact) mass is 722 g/mol. The zero-order chi connectivity index (χ0) is 37.5. The van der Waals surface area contributed by atoms with Gasteiger partial charge in [-0.3, -0.25) is 24.0 Å². The highest BCUT2D eigenvalue weighted by atomic mass is 32.1. The quantitative estimate of drug-likeness (QED) is 0.196. The number of rotatable bonds is 21. The van der Waals surface area contributed by atoms with Gasteiger partial charge in [-0.15, -0.1) is 11.3 Å². The molecule has 0 spiro atoms. The van der Waals surface area contributed by atoms with Gasteiger partial charge in [0.2, 0.25) is 29.5 Å². The van der Waals surface area contributed by atoms with E-state index < -0.39 is 30.2 Å². The number of likely N-dealkylation sites (N-methyl/N-ethyl adjacent to an activating group) is 2. The molecule has 284 valence electrons. The molecule has 0 saturated carbocycles. The molecule has 14 heteroatoms. The van der Waals surface area contributed by atoms with Gasteiger partial charge in [0.15, 0.2) is 0 Å². The van der Waals surface area contributed by atoms with Crippen molar-refractivity contribution in [3.63, 3.8) is 0 Å². The van der Waals surface area contributed by atoms with Crippen LogP contribution in [0.25, 0.3) is 0 Å². The predicted octanol–water partition coefficient (Wildman–Crippen LogP) is 3.47. The maximum Gasteiger partial charge on any atom is 0.243 e. The van der Waals surface area contributed by atoms with Crippen LogP contribution in [0.1, 0.15) is 91.5 Å². The second-order valence-electron chi connectivity index (χ2n) is 13.8. The molecule has 7 atom stereocenters. The van der Waals surface area contributed by atoms with E-state index in [0.29, 0.717) is 25.9 Å². The Hall–Kier alpha value is -3.10. The third-order valence-electron chi connectivity index (χ3n) is 10.1. The van der Waals surface area contributed by atoms with Crippen LogP contribution in [-0.4, -0.2) is 121 Å². The third-order valence-corrected chi connectivity index (χ3v) is 10.9. The lowest BCUT2D eigenvalue weighted by atomic mass is 9.90. The number of unbranched alkanes of at least 4 members (excludes halogenated alkanes) is 1. The van der Waals surface area contributed by atoms with Crippen molar-refractivity contribution in [2.75, 3.05) is 41.4 Å². The molecule has 0 aromatic carbocycles. The average Bonchev–Trinajstić information content (AvgIpc) is 3.81. The molecule has 7 unspecified atom stereocenters. The summed E-state index contributed by atoms with van der Waals surface area (Å²) in [5, 5.41) is 8.37. The van der Waals surface area contributed by atoms with Gasteiger partial charge in [0.1, 0.15) is 11.0 Å². The van der Waals surface area contributed by atoms with Crippen molar-refractivity contribution in [2.45, 2.75) is 123 Å². The van der Waals surface area contributed by atoms with E-state index in [2.05, 4.69) is 15.6 Å². The molecule has 2 rings (SSSR count). The zero-order valence-corrected chi connectivity index (χ0v) is 32.7. The molecule has 1 saturated heterocycles. The van der Waals surface area contributed by atoms with Crippen LogP contribution < -0.4 is 10.6 Å². The van der Waals surface area contributed by atoms with Crippen molar-refractivity contribution < 1.29 is 33.4 Å². The van der Waals surface area contributed by atoms with Gasteiger partial charge >= 0.3 is 0 Å². The third kappa shape index (κ3) is 11.7. The first kappa shape index (κ1) is 43.1. The lowest BCUT2D eigenvalue weighted by Crippen LogP contribution is -2.55. The number of carbonyl (C=O) groups excluding carboxylic acids is 5. The molecule has 1 fully saturated rings. The van der Waals surface area contributed by atoms with Gasteiger partial charge in [0.25, 0.3) is 0 Å². The number of likely N-dealkylation sites (tertiary alicyclic amines) is 1. The van der Waals surface area contributed by atoms with Gasteiger partial charge in [-0.1, -0.05) is 54.4 Å². The minimum Gasteiger partial charge on any atom is -0.379 e. The van der Waals surface area contributed by atoms with Crippen LogP contribution in [0.4, 0.5) is 0 Å². The molecule has 2 heterocycles. The highest BCUT2D eigenvalue weighted by Crippen LogP contribution is 2.29. The fourth-order valence-corrected chi connectivity index (χ4v) is 7.52. The topological polar surface area (TPSA) is 150 Å². The summed E-state index contributed by atoms with van der Waals surface area (Å²) < 4.78 is 11.8. The number of ether oxygens (including phenoxy) is 2. The highest BCUT2D eigenvalue weighted by Gasteiger charge is 2.42. The smallest absolute Gasteiger partial charge is 0.243 e. The number of nitrogens with one attached hydrogen (secondary N) is 2. The van der Waals surface area contributed by atoms with E-state index in [4.69, 9.17) is 9.47 Å². The Kier molecular flexibility index (Phi) is 18.4. The van der Waals surface area contributed by atoms with Gasteiger partial charge < -0.3 is 34.8 Å². The van der Waals surface area contributed by atoms with Crippen molar-refractivity contribution in [3.8, 4) is 0 Å². The van der Waals surface area contributed by atoms with E-state index in [0.717, 1.165) is 30.7 Å². The van der Waals surface area contributed by atoms with E-state index >= 15 is 0 Å². The van der Waals surface area contributed by atoms with Gasteiger partial charge in [-0.2, -0.15) is 0 Å². The molecule has 13 nitrogen and oxygen atoms in total. The number of methoxy groups -OCH3 is 2. The largest absolute Gasteiger partial charge is 0.379 e. The SMILES string of the molecule is CCCCC(=O)N(C)C(C(=O)NCC(=O)N(C)C(C(C)CC)C(CC(=O)N1CCCC1C(OC)C(C)C(=O)NCc1nccs1)OC)C(C)C. The Labute approximate surface area is 303 Å². The number of hydrogen-bond donors (Lipinski definition) is 2. The fraction of sp³-hybridized carbons (Fsp3) is 0.778. The number of amides is 5. The molecular formula is C36H62N6O7S. The Morgan fingerprint density at radius 2 is 1.70 bits per heavy atom. The molecule has 1 aliphatic heterocycles. The first-order chi connectivity index (χ1) is 23.7. The average molecular weight is 723 g/mol. The van der Waals surface area contributed by atoms with E-state index in [1.54, 1.807) is 44.3 Å². The Balaban J connectivity index is 2.13. The molecule has 5 amide bonds. The normalized spacial score (nSPS) is 18.1. The van der Waals surface area contributed by atoms with Crippen molar-refractivity contribution in [3.05, 3.63) is 16.6 Å². The summed E-state index contributed by atoms with van der Waals surface area (Å²) in [6, 6.07) is -1.45. The second kappa shape index (κ2) is 21.3. The zero-order valence-electron chi connectivity index (χ0n) is 31.9. The summed E-state index contributed by atoms with van der Waals surface area (Å²) in [4.78, 5) is 75.7. The Morgan fingerprint density at radius 1 is 1.00 bits per heavy atom. The lowest BCUT2D eigenvalue weighted by Gasteiger charge is -2.39. The number of carbonyl (C=O) groups is 5. The number of hydrogen-bond acceptors (Lipinski definition) is 9. The summed E-state index contributed by atoms with van der Waals surface area (Å²) >= 11 is 1.47. The van der Waals surface area contributed by atoms with Crippen molar-refractivity contribution in [1.82, 2.24) is 30.3 Å². The standard InChI is InChI=1S/C36H62N6O7S/c1-11-13-16-29(43)40(7)32(23(3)4)36(47)39-22-31(45)41(8)33(24(5)12-2)27(48-9)20-30(44)42-18-14-15-26(42)34(49-10)25(6)35(46)38-21-28-37-17-19-50-28/h17,19,23-27,32-34H,11-16,18,20-22H2,1-10H3,(H,38,46)(H,39,47). The highest BCUT2D eigenvalue weighted by molar-refractivity contribution is 7.09. The molecule has 2 N–H and O–H groups in total. The van der Waals surface area contributed by atoms with E-state index in [1.807, 2.05) is 46.9 Å². The van der Waals surface area contributed by atoms with Crippen LogP contribution >= 0.6 is 11.3 Å². The fourth-order valence-electron chi connectivity index (χ4n) is 6.97. The predicted molar refractivity (Wildman–Crippen MR) is 194 cm³/mol. The van der Waals surface area contributed by atoms with Crippen molar-refractivity contribution in [1.29, 1.82) is 0 Å². The summed E-state index contributed by atoms with van der Waals surface area (Å²) in [6.45, 7) is 12.2. The van der Waals surface area contributed by atoms with E-state index in [-0.39, 0.29) is 60.4 Å². The number of aromatic nitrogens is 1. The van der Waals surface area contributed by atoms with Crippen LogP contribution in [0.2, 0.25) is 0 Å². The molecule has 0 aliphatic carbocycles. The molecule has 1 aliphatic rings. The maximum absolute atomic E-state index is 14.0. The van der Waals surface area contributed by atoms with Gasteiger partial charge in [-0.05, 0) is 31.1 Å². The Morgan fingerprint density at radius 3 is 2.26 bits per heavy atom. The summed E-state index contributed by atoms with van der Waals surface area (Å²) in [7, 11) is 6.42. The molecule has 1 aromatic heterocycles. The van der Waals surface area contributed by atoms with E-state index in [9.17, 15) is 24.0 Å². The first-order valence-electron chi connectivity index (χ1n) is 18.0. The molecule has 0 bridgehead atoms. The van der Waals surface area contributed by atoms with Gasteiger partial charge in [-0.25, -0.2) is 4.98 Å². The van der Waals surface area contributed by atoms with Crippen LogP contribution in [0.3, 0.4) is 0 Å². The first-order valence-corrected chi connectivity index (χ1v) is 18.9. The van der Waals surface area contributed by atoms with Crippen LogP contribution in [-0.2, 0) is 40.0 Å². The van der Waals surface area contributed by atoms with Crippen LogP contribution in [0.5, 0.6) is 0 Å². The van der Waals surface area contributed by atoms with Crippen LogP contribution in [0, 0.1) is 17.8 Å². The van der Waals surface area contributed by atoms with E-state index in [1.165, 1.54) is 16.2 Å². The molecule has 50 heavy (non-hydrogen) atoms. The number of thiazole rings is 1. The van der Waals surface area contributed by atoms with Crippen LogP contribution in [0.15, 0.2) is 11.6 Å². The van der Waals surface area contributed by atoms with Crippen molar-refractivity contribution >= 4 is 40.9 Å². The summed E-state index contributed by atoms with van der Waals surface area (Å²) in [6.07, 6.45) is 4.82. The minimum absolute atomic E-state index is 0.0224. The summed E-state index contributed by atoms with van der Waals surface area (Å²) in [5.74, 6) is -1.78. The van der Waals surface area contributed by atoms with Gasteiger partial charge in [0.05, 0.1) is 49.7 Å². The molecule has 1 aromatic rings.